The predicted octanol–water partition coefficient (Wildman–Crippen LogP) is 0.873. The van der Waals surface area contributed by atoms with E-state index in [1.165, 1.54) is 0 Å². The molecule has 2 N–H and O–H groups in total. The van der Waals surface area contributed by atoms with E-state index in [9.17, 15) is 4.79 Å². The summed E-state index contributed by atoms with van der Waals surface area (Å²) in [7, 11) is 0. The fraction of sp³-hybridized carbons (Fsp3) is 0.545. The maximum Gasteiger partial charge on any atom is 0.303 e. The molecule has 1 unspecified atom stereocenters. The van der Waals surface area contributed by atoms with Gasteiger partial charge in [-0.25, -0.2) is 4.68 Å². The number of aromatic amines is 1. The van der Waals surface area contributed by atoms with Crippen molar-refractivity contribution in [2.24, 2.45) is 5.92 Å². The van der Waals surface area contributed by atoms with Crippen LogP contribution in [0.3, 0.4) is 0 Å². The van der Waals surface area contributed by atoms with Crippen LogP contribution in [-0.4, -0.2) is 41.5 Å². The van der Waals surface area contributed by atoms with Gasteiger partial charge in [-0.05, 0) is 23.3 Å². The second kappa shape index (κ2) is 5.59. The van der Waals surface area contributed by atoms with E-state index in [4.69, 9.17) is 5.11 Å². The van der Waals surface area contributed by atoms with Crippen LogP contribution in [0.5, 0.6) is 0 Å². The molecule has 0 amide bonds. The summed E-state index contributed by atoms with van der Waals surface area (Å²) < 4.78 is 1.63. The van der Waals surface area contributed by atoms with Crippen LogP contribution in [0.2, 0.25) is 0 Å². The van der Waals surface area contributed by atoms with Crippen molar-refractivity contribution >= 4 is 5.97 Å². The number of rotatable bonds is 6. The molecule has 0 spiro atoms. The van der Waals surface area contributed by atoms with Crippen molar-refractivity contribution < 1.29 is 9.90 Å². The van der Waals surface area contributed by atoms with E-state index in [0.29, 0.717) is 12.4 Å². The Bertz CT molecular complexity index is 561. The Balaban J connectivity index is 2.20. The molecule has 2 aromatic rings. The third-order valence-corrected chi connectivity index (χ3v) is 3.07. The summed E-state index contributed by atoms with van der Waals surface area (Å²) in [6, 6.07) is 0. The zero-order valence-corrected chi connectivity index (χ0v) is 10.9. The molecule has 0 fully saturated rings. The number of H-pyrrole nitrogens is 1. The Morgan fingerprint density at radius 3 is 2.95 bits per heavy atom. The van der Waals surface area contributed by atoms with E-state index in [0.717, 1.165) is 17.7 Å². The molecule has 19 heavy (non-hydrogen) atoms. The molecule has 0 aliphatic carbocycles. The van der Waals surface area contributed by atoms with Crippen LogP contribution in [0.4, 0.5) is 0 Å². The van der Waals surface area contributed by atoms with Crippen LogP contribution in [0.15, 0.2) is 6.20 Å². The van der Waals surface area contributed by atoms with Crippen molar-refractivity contribution in [3.63, 3.8) is 0 Å². The van der Waals surface area contributed by atoms with Crippen molar-refractivity contribution in [3.05, 3.63) is 11.9 Å². The number of aryl methyl sites for hydroxylation is 1. The third kappa shape index (κ3) is 2.95. The van der Waals surface area contributed by atoms with Crippen LogP contribution < -0.4 is 0 Å². The van der Waals surface area contributed by atoms with Gasteiger partial charge in [0, 0.05) is 18.7 Å². The summed E-state index contributed by atoms with van der Waals surface area (Å²) in [6.45, 7) is 4.33. The number of carboxylic acids is 1. The average Bonchev–Trinajstić information content (AvgIpc) is 2.96. The Hall–Kier alpha value is -2.25. The van der Waals surface area contributed by atoms with Gasteiger partial charge in [-0.1, -0.05) is 13.3 Å². The standard InChI is InChI=1S/C11H16N6O2/c1-3-8(4-10(18)19)6-17-11(14-15-16-17)9-5-12-13-7(9)2/h5,8H,3-4,6H2,1-2H3,(H,12,13)(H,18,19). The number of nitrogens with zero attached hydrogens (tertiary/aromatic N) is 5. The van der Waals surface area contributed by atoms with Crippen LogP contribution in [-0.2, 0) is 11.3 Å². The van der Waals surface area contributed by atoms with Gasteiger partial charge in [0.2, 0.25) is 0 Å². The molecule has 0 aliphatic heterocycles. The van der Waals surface area contributed by atoms with E-state index in [1.54, 1.807) is 10.9 Å². The molecule has 0 saturated heterocycles. The second-order valence-corrected chi connectivity index (χ2v) is 4.47. The average molecular weight is 264 g/mol. The van der Waals surface area contributed by atoms with Crippen LogP contribution in [0, 0.1) is 12.8 Å². The van der Waals surface area contributed by atoms with Gasteiger partial charge < -0.3 is 5.11 Å². The van der Waals surface area contributed by atoms with E-state index in [2.05, 4.69) is 25.7 Å². The number of aromatic nitrogens is 6. The first-order chi connectivity index (χ1) is 9.11. The molecular weight excluding hydrogens is 248 g/mol. The van der Waals surface area contributed by atoms with Gasteiger partial charge in [-0.3, -0.25) is 9.89 Å². The molecule has 2 aromatic heterocycles. The van der Waals surface area contributed by atoms with Gasteiger partial charge in [0.15, 0.2) is 5.82 Å². The predicted molar refractivity (Wildman–Crippen MR) is 66.2 cm³/mol. The topological polar surface area (TPSA) is 110 Å². The van der Waals surface area contributed by atoms with Crippen molar-refractivity contribution in [3.8, 4) is 11.4 Å². The Morgan fingerprint density at radius 1 is 1.58 bits per heavy atom. The summed E-state index contributed by atoms with van der Waals surface area (Å²) in [6.07, 6.45) is 2.53. The smallest absolute Gasteiger partial charge is 0.303 e. The molecule has 102 valence electrons. The largest absolute Gasteiger partial charge is 0.481 e. The summed E-state index contributed by atoms with van der Waals surface area (Å²) in [4.78, 5) is 10.8. The zero-order valence-electron chi connectivity index (χ0n) is 10.9. The third-order valence-electron chi connectivity index (χ3n) is 3.07. The van der Waals surface area contributed by atoms with Gasteiger partial charge in [-0.2, -0.15) is 5.10 Å². The highest BCUT2D eigenvalue weighted by molar-refractivity contribution is 5.67. The number of tetrazole rings is 1. The lowest BCUT2D eigenvalue weighted by Crippen LogP contribution is -2.16. The monoisotopic (exact) mass is 264 g/mol. The number of hydrogen-bond acceptors (Lipinski definition) is 5. The van der Waals surface area contributed by atoms with Gasteiger partial charge in [0.05, 0.1) is 11.8 Å². The maximum absolute atomic E-state index is 10.8. The molecule has 0 aromatic carbocycles. The minimum Gasteiger partial charge on any atom is -0.481 e. The molecule has 8 nitrogen and oxygen atoms in total. The molecule has 0 bridgehead atoms. The fourth-order valence-corrected chi connectivity index (χ4v) is 1.93. The molecule has 2 rings (SSSR count). The lowest BCUT2D eigenvalue weighted by molar-refractivity contribution is -0.138. The van der Waals surface area contributed by atoms with Gasteiger partial charge in [0.25, 0.3) is 0 Å². The van der Waals surface area contributed by atoms with E-state index in [-0.39, 0.29) is 12.3 Å². The highest BCUT2D eigenvalue weighted by atomic mass is 16.4. The minimum atomic E-state index is -0.805. The summed E-state index contributed by atoms with van der Waals surface area (Å²) in [5.41, 5.74) is 1.71. The van der Waals surface area contributed by atoms with Crippen molar-refractivity contribution in [2.45, 2.75) is 33.2 Å². The summed E-state index contributed by atoms with van der Waals surface area (Å²) >= 11 is 0. The molecule has 0 saturated carbocycles. The first kappa shape index (κ1) is 13.2. The van der Waals surface area contributed by atoms with E-state index < -0.39 is 5.97 Å². The van der Waals surface area contributed by atoms with Crippen molar-refractivity contribution in [2.75, 3.05) is 0 Å². The Kier molecular flexibility index (Phi) is 3.88. The highest BCUT2D eigenvalue weighted by Crippen LogP contribution is 2.20. The molecule has 0 aliphatic rings. The van der Waals surface area contributed by atoms with Gasteiger partial charge in [0.1, 0.15) is 0 Å². The van der Waals surface area contributed by atoms with Gasteiger partial charge in [-0.15, -0.1) is 5.10 Å². The van der Waals surface area contributed by atoms with Crippen LogP contribution in [0.25, 0.3) is 11.4 Å². The second-order valence-electron chi connectivity index (χ2n) is 4.47. The van der Waals surface area contributed by atoms with Crippen molar-refractivity contribution in [1.82, 2.24) is 30.4 Å². The van der Waals surface area contributed by atoms with Crippen LogP contribution in [0.1, 0.15) is 25.5 Å². The number of nitrogens with one attached hydrogen (secondary N) is 1. The summed E-state index contributed by atoms with van der Waals surface area (Å²) in [5.74, 6) is -0.192. The highest BCUT2D eigenvalue weighted by Gasteiger charge is 2.18. The zero-order chi connectivity index (χ0) is 13.8. The molecule has 0 radical (unpaired) electrons. The molecule has 2 heterocycles. The molecular formula is C11H16N6O2. The van der Waals surface area contributed by atoms with Gasteiger partial charge >= 0.3 is 5.97 Å². The quantitative estimate of drug-likeness (QED) is 0.801. The lowest BCUT2D eigenvalue weighted by Gasteiger charge is -2.12. The molecule has 1 atom stereocenters. The SMILES string of the molecule is CCC(CC(=O)O)Cn1nnnc1-c1cn[nH]c1C. The Morgan fingerprint density at radius 2 is 2.37 bits per heavy atom. The first-order valence-corrected chi connectivity index (χ1v) is 6.10. The number of carbonyl (C=O) groups is 1. The maximum atomic E-state index is 10.8. The normalized spacial score (nSPS) is 12.5. The number of hydrogen-bond donors (Lipinski definition) is 2. The molecule has 8 heteroatoms. The number of carboxylic acid groups (broad SMARTS) is 1. The Labute approximate surface area is 109 Å². The van der Waals surface area contributed by atoms with E-state index in [1.807, 2.05) is 13.8 Å². The van der Waals surface area contributed by atoms with Crippen LogP contribution >= 0.6 is 0 Å². The fourth-order valence-electron chi connectivity index (χ4n) is 1.93. The first-order valence-electron chi connectivity index (χ1n) is 6.10. The summed E-state index contributed by atoms with van der Waals surface area (Å²) in [5, 5.41) is 27.2. The van der Waals surface area contributed by atoms with E-state index >= 15 is 0 Å². The minimum absolute atomic E-state index is 0.00644. The lowest BCUT2D eigenvalue weighted by atomic mass is 10.0. The van der Waals surface area contributed by atoms with Crippen molar-refractivity contribution in [1.29, 1.82) is 0 Å². The number of aliphatic carboxylic acids is 1.